The largest absolute Gasteiger partial charge is 0.478 e. The average molecular weight is 197 g/mol. The predicted molar refractivity (Wildman–Crippen MR) is 55.6 cm³/mol. The Kier molecular flexibility index (Phi) is 3.70. The molecule has 0 bridgehead atoms. The number of hydrogen-bond acceptors (Lipinski definition) is 2. The van der Waals surface area contributed by atoms with Crippen molar-refractivity contribution < 1.29 is 9.90 Å². The van der Waals surface area contributed by atoms with Crippen molar-refractivity contribution >= 4 is 12.0 Å². The van der Waals surface area contributed by atoms with Crippen molar-refractivity contribution in [1.29, 1.82) is 5.26 Å². The van der Waals surface area contributed by atoms with Crippen molar-refractivity contribution in [3.63, 3.8) is 0 Å². The van der Waals surface area contributed by atoms with Gasteiger partial charge in [-0.1, -0.05) is 24.1 Å². The van der Waals surface area contributed by atoms with E-state index >= 15 is 0 Å². The quantitative estimate of drug-likeness (QED) is 0.579. The molecule has 1 rings (SSSR count). The van der Waals surface area contributed by atoms with E-state index in [2.05, 4.69) is 11.8 Å². The van der Waals surface area contributed by atoms with E-state index in [1.807, 2.05) is 0 Å². The Bertz CT molecular complexity index is 498. The van der Waals surface area contributed by atoms with Crippen molar-refractivity contribution in [2.75, 3.05) is 0 Å². The Hall–Kier alpha value is -2.52. The second kappa shape index (κ2) is 5.26. The molecule has 1 N–H and O–H groups in total. The van der Waals surface area contributed by atoms with Crippen LogP contribution in [0.3, 0.4) is 0 Å². The second-order valence-electron chi connectivity index (χ2n) is 2.62. The molecule has 0 fully saturated rings. The van der Waals surface area contributed by atoms with Gasteiger partial charge in [-0.05, 0) is 17.7 Å². The molecule has 15 heavy (non-hydrogen) atoms. The van der Waals surface area contributed by atoms with Crippen LogP contribution in [0, 0.1) is 23.2 Å². The van der Waals surface area contributed by atoms with Crippen LogP contribution in [0.15, 0.2) is 30.3 Å². The molecule has 0 aliphatic rings. The molecule has 0 spiro atoms. The van der Waals surface area contributed by atoms with Gasteiger partial charge in [0, 0.05) is 17.6 Å². The summed E-state index contributed by atoms with van der Waals surface area (Å²) in [5, 5.41) is 16.8. The third kappa shape index (κ3) is 3.38. The van der Waals surface area contributed by atoms with Crippen molar-refractivity contribution in [3.05, 3.63) is 41.5 Å². The summed E-state index contributed by atoms with van der Waals surface area (Å²) in [6.07, 6.45) is 2.48. The molecule has 0 saturated heterocycles. The highest BCUT2D eigenvalue weighted by atomic mass is 16.4. The lowest BCUT2D eigenvalue weighted by Crippen LogP contribution is -1.87. The number of benzene rings is 1. The maximum atomic E-state index is 10.3. The molecule has 72 valence electrons. The zero-order valence-corrected chi connectivity index (χ0v) is 7.77. The van der Waals surface area contributed by atoms with E-state index in [4.69, 9.17) is 10.4 Å². The zero-order chi connectivity index (χ0) is 11.1. The molecule has 1 aromatic carbocycles. The molecule has 0 aromatic heterocycles. The van der Waals surface area contributed by atoms with Gasteiger partial charge in [-0.3, -0.25) is 0 Å². The minimum absolute atomic E-state index is 0.636. The van der Waals surface area contributed by atoms with Gasteiger partial charge < -0.3 is 5.11 Å². The summed E-state index contributed by atoms with van der Waals surface area (Å²) in [7, 11) is 0. The van der Waals surface area contributed by atoms with Crippen molar-refractivity contribution in [3.8, 4) is 17.9 Å². The summed E-state index contributed by atoms with van der Waals surface area (Å²) in [6, 6.07) is 8.73. The van der Waals surface area contributed by atoms with Crippen LogP contribution in [0.1, 0.15) is 11.1 Å². The molecule has 0 saturated carbocycles. The van der Waals surface area contributed by atoms with E-state index in [1.165, 1.54) is 6.08 Å². The smallest absolute Gasteiger partial charge is 0.328 e. The highest BCUT2D eigenvalue weighted by Gasteiger charge is 1.95. The molecule has 0 amide bonds. The molecule has 0 unspecified atom stereocenters. The standard InChI is InChI=1S/C12H7NO2/c13-9-3-6-10-4-1-2-5-11(10)7-8-12(14)15/h1-2,4-5,7-8H,(H,14,15)/b8-7+. The van der Waals surface area contributed by atoms with Gasteiger partial charge in [0.1, 0.15) is 0 Å². The van der Waals surface area contributed by atoms with Crippen LogP contribution in [0.5, 0.6) is 0 Å². The fraction of sp³-hybridized carbons (Fsp3) is 0. The SMILES string of the molecule is N#CC#Cc1ccccc1/C=C/C(=O)O. The first-order valence-electron chi connectivity index (χ1n) is 4.14. The van der Waals surface area contributed by atoms with Crippen LogP contribution in [0.2, 0.25) is 0 Å². The first kappa shape index (κ1) is 10.6. The van der Waals surface area contributed by atoms with Crippen LogP contribution < -0.4 is 0 Å². The van der Waals surface area contributed by atoms with E-state index in [-0.39, 0.29) is 0 Å². The number of carbonyl (C=O) groups is 1. The first-order valence-corrected chi connectivity index (χ1v) is 4.14. The summed E-state index contributed by atoms with van der Waals surface area (Å²) in [6.45, 7) is 0. The maximum Gasteiger partial charge on any atom is 0.328 e. The average Bonchev–Trinajstić information content (AvgIpc) is 2.24. The topological polar surface area (TPSA) is 61.1 Å². The monoisotopic (exact) mass is 197 g/mol. The molecule has 3 heteroatoms. The van der Waals surface area contributed by atoms with E-state index in [0.717, 1.165) is 6.08 Å². The molecule has 0 atom stereocenters. The molecular weight excluding hydrogens is 190 g/mol. The fourth-order valence-electron chi connectivity index (χ4n) is 1.01. The van der Waals surface area contributed by atoms with E-state index in [9.17, 15) is 4.79 Å². The Morgan fingerprint density at radius 3 is 2.80 bits per heavy atom. The third-order valence-electron chi connectivity index (χ3n) is 1.62. The highest BCUT2D eigenvalue weighted by Crippen LogP contribution is 2.08. The normalized spacial score (nSPS) is 9.00. The van der Waals surface area contributed by atoms with Gasteiger partial charge in [-0.15, -0.1) is 0 Å². The minimum Gasteiger partial charge on any atom is -0.478 e. The molecule has 3 nitrogen and oxygen atoms in total. The molecule has 0 aliphatic carbocycles. The Labute approximate surface area is 87.3 Å². The third-order valence-corrected chi connectivity index (χ3v) is 1.62. The van der Waals surface area contributed by atoms with Crippen LogP contribution in [-0.4, -0.2) is 11.1 Å². The molecule has 0 heterocycles. The fourth-order valence-corrected chi connectivity index (χ4v) is 1.01. The first-order chi connectivity index (χ1) is 7.24. The Morgan fingerprint density at radius 1 is 1.40 bits per heavy atom. The Morgan fingerprint density at radius 2 is 2.13 bits per heavy atom. The second-order valence-corrected chi connectivity index (χ2v) is 2.62. The lowest BCUT2D eigenvalue weighted by atomic mass is 10.1. The number of rotatable bonds is 2. The van der Waals surface area contributed by atoms with Gasteiger partial charge in [-0.25, -0.2) is 4.79 Å². The van der Waals surface area contributed by atoms with Crippen molar-refractivity contribution in [1.82, 2.24) is 0 Å². The van der Waals surface area contributed by atoms with Gasteiger partial charge >= 0.3 is 5.97 Å². The number of nitriles is 1. The predicted octanol–water partition coefficient (Wildman–Crippen LogP) is 1.66. The van der Waals surface area contributed by atoms with Gasteiger partial charge in [0.15, 0.2) is 6.07 Å². The Balaban J connectivity index is 3.08. The van der Waals surface area contributed by atoms with Crippen LogP contribution in [-0.2, 0) is 4.79 Å². The van der Waals surface area contributed by atoms with E-state index < -0.39 is 5.97 Å². The summed E-state index contributed by atoms with van der Waals surface area (Å²) in [5.74, 6) is 3.88. The van der Waals surface area contributed by atoms with Crippen LogP contribution in [0.4, 0.5) is 0 Å². The van der Waals surface area contributed by atoms with Crippen molar-refractivity contribution in [2.45, 2.75) is 0 Å². The number of carboxylic acids is 1. The van der Waals surface area contributed by atoms with Gasteiger partial charge in [-0.2, -0.15) is 5.26 Å². The number of carboxylic acid groups (broad SMARTS) is 1. The van der Waals surface area contributed by atoms with Crippen molar-refractivity contribution in [2.24, 2.45) is 0 Å². The summed E-state index contributed by atoms with van der Waals surface area (Å²) < 4.78 is 0. The lowest BCUT2D eigenvalue weighted by molar-refractivity contribution is -0.131. The highest BCUT2D eigenvalue weighted by molar-refractivity contribution is 5.85. The van der Waals surface area contributed by atoms with E-state index in [0.29, 0.717) is 11.1 Å². The van der Waals surface area contributed by atoms with Gasteiger partial charge in [0.25, 0.3) is 0 Å². The van der Waals surface area contributed by atoms with Gasteiger partial charge in [0.2, 0.25) is 0 Å². The number of hydrogen-bond donors (Lipinski definition) is 1. The summed E-state index contributed by atoms with van der Waals surface area (Å²) >= 11 is 0. The zero-order valence-electron chi connectivity index (χ0n) is 7.77. The van der Waals surface area contributed by atoms with Crippen LogP contribution in [0.25, 0.3) is 6.08 Å². The summed E-state index contributed by atoms with van der Waals surface area (Å²) in [5.41, 5.74) is 1.32. The minimum atomic E-state index is -1.02. The summed E-state index contributed by atoms with van der Waals surface area (Å²) in [4.78, 5) is 10.3. The number of aliphatic carboxylic acids is 1. The molecule has 0 radical (unpaired) electrons. The van der Waals surface area contributed by atoms with E-state index in [1.54, 1.807) is 30.3 Å². The maximum absolute atomic E-state index is 10.3. The molecule has 0 aliphatic heterocycles. The molecular formula is C12H7NO2. The lowest BCUT2D eigenvalue weighted by Gasteiger charge is -1.95. The molecule has 1 aromatic rings. The van der Waals surface area contributed by atoms with Gasteiger partial charge in [0.05, 0.1) is 0 Å². The number of nitrogens with zero attached hydrogens (tertiary/aromatic N) is 1. The van der Waals surface area contributed by atoms with Crippen LogP contribution >= 0.6 is 0 Å².